The van der Waals surface area contributed by atoms with Gasteiger partial charge in [-0.1, -0.05) is 90.1 Å². The molecule has 2 aromatic rings. The summed E-state index contributed by atoms with van der Waals surface area (Å²) in [4.78, 5) is 0. The van der Waals surface area contributed by atoms with Crippen LogP contribution in [0.25, 0.3) is 11.1 Å². The SMILES string of the molecule is CC.CCCCCCC(C)Oc1ccc(-c2ccc(C3CCC(CCC)CC3)cc2)cc1F. The van der Waals surface area contributed by atoms with E-state index in [0.29, 0.717) is 11.7 Å². The summed E-state index contributed by atoms with van der Waals surface area (Å²) in [6.07, 6.45) is 13.9. The van der Waals surface area contributed by atoms with E-state index in [2.05, 4.69) is 38.1 Å². The van der Waals surface area contributed by atoms with Gasteiger partial charge in [-0.2, -0.15) is 0 Å². The highest BCUT2D eigenvalue weighted by atomic mass is 19.1. The minimum Gasteiger partial charge on any atom is -0.488 e. The molecule has 0 spiro atoms. The van der Waals surface area contributed by atoms with Crippen LogP contribution in [0.5, 0.6) is 5.75 Å². The maximum absolute atomic E-state index is 14.7. The zero-order valence-electron chi connectivity index (χ0n) is 21.8. The van der Waals surface area contributed by atoms with Crippen molar-refractivity contribution < 1.29 is 9.13 Å². The fraction of sp³-hybridized carbons (Fsp3) is 0.613. The summed E-state index contributed by atoms with van der Waals surface area (Å²) in [5, 5.41) is 0. The van der Waals surface area contributed by atoms with Crippen LogP contribution in [0.15, 0.2) is 42.5 Å². The number of hydrogen-bond acceptors (Lipinski definition) is 1. The summed E-state index contributed by atoms with van der Waals surface area (Å²) in [6, 6.07) is 14.2. The van der Waals surface area contributed by atoms with Gasteiger partial charge in [0.05, 0.1) is 6.10 Å². The fourth-order valence-corrected chi connectivity index (χ4v) is 5.05. The van der Waals surface area contributed by atoms with Crippen LogP contribution in [0.2, 0.25) is 0 Å². The third-order valence-electron chi connectivity index (χ3n) is 6.98. The Morgan fingerprint density at radius 2 is 1.52 bits per heavy atom. The van der Waals surface area contributed by atoms with Gasteiger partial charge in [0.1, 0.15) is 0 Å². The average molecular weight is 455 g/mol. The van der Waals surface area contributed by atoms with Crippen LogP contribution in [-0.2, 0) is 0 Å². The van der Waals surface area contributed by atoms with Crippen molar-refractivity contribution in [3.63, 3.8) is 0 Å². The van der Waals surface area contributed by atoms with Gasteiger partial charge in [-0.15, -0.1) is 0 Å². The quantitative estimate of drug-likeness (QED) is 0.307. The Labute approximate surface area is 203 Å². The van der Waals surface area contributed by atoms with Crippen molar-refractivity contribution in [1.82, 2.24) is 0 Å². The normalized spacial score (nSPS) is 18.8. The summed E-state index contributed by atoms with van der Waals surface area (Å²) in [6.45, 7) is 10.5. The second kappa shape index (κ2) is 15.1. The highest BCUT2D eigenvalue weighted by molar-refractivity contribution is 5.64. The average Bonchev–Trinajstić information content (AvgIpc) is 2.85. The lowest BCUT2D eigenvalue weighted by Gasteiger charge is -2.28. The van der Waals surface area contributed by atoms with Crippen molar-refractivity contribution in [2.75, 3.05) is 0 Å². The second-order valence-corrected chi connectivity index (χ2v) is 9.55. The molecule has 1 aliphatic rings. The van der Waals surface area contributed by atoms with Gasteiger partial charge < -0.3 is 4.74 Å². The van der Waals surface area contributed by atoms with Gasteiger partial charge >= 0.3 is 0 Å². The number of ether oxygens (including phenoxy) is 1. The smallest absolute Gasteiger partial charge is 0.165 e. The third-order valence-corrected chi connectivity index (χ3v) is 6.98. The maximum Gasteiger partial charge on any atom is 0.165 e. The highest BCUT2D eigenvalue weighted by Gasteiger charge is 2.21. The van der Waals surface area contributed by atoms with E-state index in [0.717, 1.165) is 29.9 Å². The number of rotatable bonds is 11. The first kappa shape index (κ1) is 27.4. The van der Waals surface area contributed by atoms with E-state index in [1.165, 1.54) is 63.4 Å². The summed E-state index contributed by atoms with van der Waals surface area (Å²) < 4.78 is 20.5. The molecule has 0 heterocycles. The van der Waals surface area contributed by atoms with Crippen LogP contribution < -0.4 is 4.74 Å². The zero-order valence-corrected chi connectivity index (χ0v) is 21.8. The van der Waals surface area contributed by atoms with E-state index in [1.54, 1.807) is 12.1 Å². The van der Waals surface area contributed by atoms with Crippen LogP contribution in [-0.4, -0.2) is 6.10 Å². The van der Waals surface area contributed by atoms with Gasteiger partial charge in [0.2, 0.25) is 0 Å². The monoisotopic (exact) mass is 454 g/mol. The molecule has 0 radical (unpaired) electrons. The Kier molecular flexibility index (Phi) is 12.6. The molecule has 1 unspecified atom stereocenters. The first-order valence-electron chi connectivity index (χ1n) is 13.7. The van der Waals surface area contributed by atoms with Crippen LogP contribution in [0.4, 0.5) is 4.39 Å². The van der Waals surface area contributed by atoms with Gasteiger partial charge in [0.15, 0.2) is 11.6 Å². The summed E-state index contributed by atoms with van der Waals surface area (Å²) in [7, 11) is 0. The lowest BCUT2D eigenvalue weighted by molar-refractivity contribution is 0.197. The molecule has 0 bridgehead atoms. The Balaban J connectivity index is 0.00000187. The van der Waals surface area contributed by atoms with Crippen molar-refractivity contribution in [2.45, 2.75) is 117 Å². The Hall–Kier alpha value is -1.83. The molecule has 1 aliphatic carbocycles. The maximum atomic E-state index is 14.7. The predicted molar refractivity (Wildman–Crippen MR) is 142 cm³/mol. The molecule has 1 fully saturated rings. The number of benzene rings is 2. The first-order valence-corrected chi connectivity index (χ1v) is 13.7. The standard InChI is InChI=1S/C29H41FO.C2H6/c1-4-6-7-8-10-22(3)31-29-20-19-27(21-28(29)30)26-17-15-25(16-18-26)24-13-11-23(9-5-2)12-14-24;1-2/h15-24H,4-14H2,1-3H3;1-2H3. The van der Waals surface area contributed by atoms with E-state index in [4.69, 9.17) is 4.74 Å². The van der Waals surface area contributed by atoms with Gasteiger partial charge in [0, 0.05) is 0 Å². The molecule has 0 saturated heterocycles. The lowest BCUT2D eigenvalue weighted by Crippen LogP contribution is -2.13. The number of halogens is 1. The van der Waals surface area contributed by atoms with Crippen molar-refractivity contribution in [3.8, 4) is 16.9 Å². The van der Waals surface area contributed by atoms with Crippen molar-refractivity contribution >= 4 is 0 Å². The van der Waals surface area contributed by atoms with E-state index in [9.17, 15) is 4.39 Å². The molecule has 0 amide bonds. The van der Waals surface area contributed by atoms with Crippen molar-refractivity contribution in [1.29, 1.82) is 0 Å². The third kappa shape index (κ3) is 8.80. The minimum absolute atomic E-state index is 0.0453. The van der Waals surface area contributed by atoms with E-state index in [-0.39, 0.29) is 11.9 Å². The van der Waals surface area contributed by atoms with Gasteiger partial charge in [-0.3, -0.25) is 0 Å². The molecule has 184 valence electrons. The molecule has 2 aromatic carbocycles. The molecule has 2 heteroatoms. The molecule has 1 atom stereocenters. The molecule has 33 heavy (non-hydrogen) atoms. The van der Waals surface area contributed by atoms with Crippen molar-refractivity contribution in [2.24, 2.45) is 5.92 Å². The Bertz CT molecular complexity index is 774. The molecule has 1 nitrogen and oxygen atoms in total. The molecule has 0 aromatic heterocycles. The van der Waals surface area contributed by atoms with E-state index >= 15 is 0 Å². The second-order valence-electron chi connectivity index (χ2n) is 9.55. The topological polar surface area (TPSA) is 9.23 Å². The Morgan fingerprint density at radius 3 is 2.12 bits per heavy atom. The Morgan fingerprint density at radius 1 is 0.848 bits per heavy atom. The van der Waals surface area contributed by atoms with Gasteiger partial charge in [-0.05, 0) is 86.1 Å². The lowest BCUT2D eigenvalue weighted by atomic mass is 9.77. The van der Waals surface area contributed by atoms with Crippen LogP contribution >= 0.6 is 0 Å². The summed E-state index contributed by atoms with van der Waals surface area (Å²) in [5.41, 5.74) is 3.43. The predicted octanol–water partition coefficient (Wildman–Crippen LogP) is 10.3. The highest BCUT2D eigenvalue weighted by Crippen LogP contribution is 2.38. The molecule has 0 N–H and O–H groups in total. The van der Waals surface area contributed by atoms with E-state index in [1.807, 2.05) is 26.8 Å². The van der Waals surface area contributed by atoms with E-state index < -0.39 is 0 Å². The molecular formula is C31H47FO. The summed E-state index contributed by atoms with van der Waals surface area (Å²) >= 11 is 0. The number of unbranched alkanes of at least 4 members (excludes halogenated alkanes) is 3. The molecule has 0 aliphatic heterocycles. The number of hydrogen-bond donors (Lipinski definition) is 0. The zero-order chi connectivity index (χ0) is 24.1. The largest absolute Gasteiger partial charge is 0.488 e. The summed E-state index contributed by atoms with van der Waals surface area (Å²) in [5.74, 6) is 1.72. The van der Waals surface area contributed by atoms with Crippen LogP contribution in [0, 0.1) is 11.7 Å². The fourth-order valence-electron chi connectivity index (χ4n) is 5.05. The van der Waals surface area contributed by atoms with Gasteiger partial charge in [0.25, 0.3) is 0 Å². The molecular weight excluding hydrogens is 407 g/mol. The van der Waals surface area contributed by atoms with Crippen molar-refractivity contribution in [3.05, 3.63) is 53.8 Å². The minimum atomic E-state index is -0.267. The molecule has 1 saturated carbocycles. The van der Waals surface area contributed by atoms with Gasteiger partial charge in [-0.25, -0.2) is 4.39 Å². The first-order chi connectivity index (χ1) is 16.1. The van der Waals surface area contributed by atoms with Crippen LogP contribution in [0.3, 0.4) is 0 Å². The van der Waals surface area contributed by atoms with Crippen LogP contribution in [0.1, 0.15) is 117 Å². The molecule has 3 rings (SSSR count).